The number of rotatable bonds is 8. The summed E-state index contributed by atoms with van der Waals surface area (Å²) in [6, 6.07) is 0.437. The van der Waals surface area contributed by atoms with Gasteiger partial charge in [-0.2, -0.15) is 0 Å². The lowest BCUT2D eigenvalue weighted by atomic mass is 9.48. The highest BCUT2D eigenvalue weighted by Crippen LogP contribution is 2.60. The third-order valence-corrected chi connectivity index (χ3v) is 10.5. The molecule has 2 heteroatoms. The molecular formula is C28H51NO. The predicted molar refractivity (Wildman–Crippen MR) is 128 cm³/mol. The third kappa shape index (κ3) is 4.63. The van der Waals surface area contributed by atoms with Crippen molar-refractivity contribution in [2.45, 2.75) is 125 Å². The first-order valence-corrected chi connectivity index (χ1v) is 13.4. The minimum atomic E-state index is 0.295. The van der Waals surface area contributed by atoms with Crippen LogP contribution in [0.1, 0.15) is 119 Å². The van der Waals surface area contributed by atoms with Crippen molar-refractivity contribution in [2.24, 2.45) is 46.3 Å². The zero-order valence-corrected chi connectivity index (χ0v) is 21.2. The topological polar surface area (TPSA) is 29.1 Å². The number of piperidine rings is 1. The van der Waals surface area contributed by atoms with E-state index in [9.17, 15) is 4.79 Å². The molecule has 30 heavy (non-hydrogen) atoms. The lowest BCUT2D eigenvalue weighted by Crippen LogP contribution is -2.59. The van der Waals surface area contributed by atoms with Crippen molar-refractivity contribution in [3.8, 4) is 0 Å². The summed E-state index contributed by atoms with van der Waals surface area (Å²) in [7, 11) is 0. The second-order valence-electron chi connectivity index (χ2n) is 12.4. The Bertz CT molecular complexity index is 585. The standard InChI is InChI=1S/C28H51NO/c1-8-21(19(3)4)11-10-20(5)23(9-2)27(6)16-14-24-22(18-27)12-13-25-28(24,7)17-15-26(30)29-25/h19-25H,8-18H2,1-7H3,(H,29,30). The maximum absolute atomic E-state index is 12.0. The van der Waals surface area contributed by atoms with Gasteiger partial charge in [0.1, 0.15) is 0 Å². The summed E-state index contributed by atoms with van der Waals surface area (Å²) < 4.78 is 0. The van der Waals surface area contributed by atoms with E-state index >= 15 is 0 Å². The van der Waals surface area contributed by atoms with Gasteiger partial charge in [-0.3, -0.25) is 4.79 Å². The van der Waals surface area contributed by atoms with Gasteiger partial charge in [-0.25, -0.2) is 0 Å². The fourth-order valence-corrected chi connectivity index (χ4v) is 8.56. The molecule has 3 rings (SSSR count). The summed E-state index contributed by atoms with van der Waals surface area (Å²) in [5, 5.41) is 3.37. The Morgan fingerprint density at radius 1 is 1.00 bits per heavy atom. The van der Waals surface area contributed by atoms with E-state index in [0.717, 1.165) is 48.3 Å². The number of hydrogen-bond acceptors (Lipinski definition) is 1. The van der Waals surface area contributed by atoms with Gasteiger partial charge in [0.05, 0.1) is 0 Å². The first kappa shape index (κ1) is 24.1. The van der Waals surface area contributed by atoms with Crippen molar-refractivity contribution in [1.82, 2.24) is 5.32 Å². The maximum Gasteiger partial charge on any atom is 0.220 e. The number of nitrogens with one attached hydrogen (secondary N) is 1. The lowest BCUT2D eigenvalue weighted by molar-refractivity contribution is -0.134. The number of amides is 1. The molecule has 1 saturated heterocycles. The normalized spacial score (nSPS) is 39.6. The van der Waals surface area contributed by atoms with Crippen molar-refractivity contribution in [3.05, 3.63) is 0 Å². The Morgan fingerprint density at radius 2 is 1.73 bits per heavy atom. The van der Waals surface area contributed by atoms with Crippen molar-refractivity contribution in [3.63, 3.8) is 0 Å². The second-order valence-corrected chi connectivity index (χ2v) is 12.4. The van der Waals surface area contributed by atoms with Gasteiger partial charge in [-0.1, -0.05) is 67.7 Å². The van der Waals surface area contributed by atoms with E-state index in [-0.39, 0.29) is 0 Å². The predicted octanol–water partition coefficient (Wildman–Crippen LogP) is 7.61. The molecule has 1 heterocycles. The van der Waals surface area contributed by atoms with E-state index in [4.69, 9.17) is 0 Å². The number of carbonyl (C=O) groups is 1. The molecule has 0 aromatic rings. The molecule has 0 radical (unpaired) electrons. The fraction of sp³-hybridized carbons (Fsp3) is 0.964. The van der Waals surface area contributed by atoms with Crippen LogP contribution in [0, 0.1) is 46.3 Å². The Kier molecular flexibility index (Phi) is 7.66. The van der Waals surface area contributed by atoms with Crippen LogP contribution >= 0.6 is 0 Å². The second kappa shape index (κ2) is 9.53. The van der Waals surface area contributed by atoms with Crippen molar-refractivity contribution >= 4 is 5.91 Å². The molecule has 0 aromatic carbocycles. The Hall–Kier alpha value is -0.530. The minimum absolute atomic E-state index is 0.295. The van der Waals surface area contributed by atoms with Crippen LogP contribution in [0.15, 0.2) is 0 Å². The first-order valence-electron chi connectivity index (χ1n) is 13.4. The molecule has 1 aliphatic heterocycles. The number of hydrogen-bond donors (Lipinski definition) is 1. The van der Waals surface area contributed by atoms with Crippen molar-refractivity contribution in [1.29, 1.82) is 0 Å². The minimum Gasteiger partial charge on any atom is -0.353 e. The summed E-state index contributed by atoms with van der Waals surface area (Å²) in [5.41, 5.74) is 0.854. The van der Waals surface area contributed by atoms with Crippen molar-refractivity contribution in [2.75, 3.05) is 0 Å². The van der Waals surface area contributed by atoms with E-state index in [2.05, 4.69) is 53.8 Å². The molecule has 174 valence electrons. The van der Waals surface area contributed by atoms with Gasteiger partial charge in [-0.15, -0.1) is 0 Å². The molecule has 2 nitrogen and oxygen atoms in total. The van der Waals surface area contributed by atoms with Crippen LogP contribution in [-0.2, 0) is 4.79 Å². The van der Waals surface area contributed by atoms with Crippen LogP contribution in [-0.4, -0.2) is 11.9 Å². The van der Waals surface area contributed by atoms with Crippen LogP contribution < -0.4 is 5.32 Å². The highest BCUT2D eigenvalue weighted by Gasteiger charge is 2.54. The zero-order chi connectivity index (χ0) is 22.1. The SMILES string of the molecule is CCC(CCC(C)C(CC)C1(C)CCC2C(CCC3NC(=O)CCC32C)C1)C(C)C. The van der Waals surface area contributed by atoms with Crippen LogP contribution in [0.3, 0.4) is 0 Å². The van der Waals surface area contributed by atoms with Gasteiger partial charge >= 0.3 is 0 Å². The highest BCUT2D eigenvalue weighted by atomic mass is 16.1. The van der Waals surface area contributed by atoms with Crippen LogP contribution in [0.4, 0.5) is 0 Å². The molecule has 2 saturated carbocycles. The summed E-state index contributed by atoms with van der Waals surface area (Å²) in [6.07, 6.45) is 14.1. The average Bonchev–Trinajstić information content (AvgIpc) is 2.69. The number of carbonyl (C=O) groups excluding carboxylic acids is 1. The van der Waals surface area contributed by atoms with E-state index in [1.807, 2.05) is 0 Å². The largest absolute Gasteiger partial charge is 0.353 e. The smallest absolute Gasteiger partial charge is 0.220 e. The molecule has 8 unspecified atom stereocenters. The van der Waals surface area contributed by atoms with Crippen LogP contribution in [0.25, 0.3) is 0 Å². The molecule has 0 spiro atoms. The van der Waals surface area contributed by atoms with Gasteiger partial charge in [0, 0.05) is 12.5 Å². The van der Waals surface area contributed by atoms with Crippen LogP contribution in [0.2, 0.25) is 0 Å². The zero-order valence-electron chi connectivity index (χ0n) is 21.2. The molecule has 1 amide bonds. The Balaban J connectivity index is 1.66. The summed E-state index contributed by atoms with van der Waals surface area (Å²) in [4.78, 5) is 12.0. The first-order chi connectivity index (χ1) is 14.1. The fourth-order valence-electron chi connectivity index (χ4n) is 8.56. The van der Waals surface area contributed by atoms with Gasteiger partial charge < -0.3 is 5.32 Å². The van der Waals surface area contributed by atoms with Crippen LogP contribution in [0.5, 0.6) is 0 Å². The average molecular weight is 418 g/mol. The van der Waals surface area contributed by atoms with Gasteiger partial charge in [0.2, 0.25) is 5.91 Å². The summed E-state index contributed by atoms with van der Waals surface area (Å²) in [5.74, 6) is 5.40. The summed E-state index contributed by atoms with van der Waals surface area (Å²) in [6.45, 7) is 17.4. The Labute approximate surface area is 187 Å². The van der Waals surface area contributed by atoms with Gasteiger partial charge in [0.15, 0.2) is 0 Å². The Morgan fingerprint density at radius 3 is 2.37 bits per heavy atom. The van der Waals surface area contributed by atoms with Gasteiger partial charge in [0.25, 0.3) is 0 Å². The van der Waals surface area contributed by atoms with Gasteiger partial charge in [-0.05, 0) is 91.3 Å². The monoisotopic (exact) mass is 417 g/mol. The summed E-state index contributed by atoms with van der Waals surface area (Å²) >= 11 is 0. The molecular weight excluding hydrogens is 366 g/mol. The third-order valence-electron chi connectivity index (χ3n) is 10.5. The van der Waals surface area contributed by atoms with E-state index in [1.54, 1.807) is 0 Å². The quantitative estimate of drug-likeness (QED) is 0.432. The van der Waals surface area contributed by atoms with Crippen molar-refractivity contribution < 1.29 is 4.79 Å². The van der Waals surface area contributed by atoms with E-state index in [0.29, 0.717) is 22.8 Å². The molecule has 2 aliphatic carbocycles. The van der Waals surface area contributed by atoms with E-state index in [1.165, 1.54) is 57.8 Å². The molecule has 3 fully saturated rings. The lowest BCUT2D eigenvalue weighted by Gasteiger charge is -2.59. The molecule has 3 aliphatic rings. The molecule has 1 N–H and O–H groups in total. The van der Waals surface area contributed by atoms with E-state index < -0.39 is 0 Å². The molecule has 8 atom stereocenters. The molecule has 0 aromatic heterocycles. The maximum atomic E-state index is 12.0. The number of fused-ring (bicyclic) bond motifs is 3. The molecule has 0 bridgehead atoms. The highest BCUT2D eigenvalue weighted by molar-refractivity contribution is 5.77.